The maximum absolute atomic E-state index is 11.5. The summed E-state index contributed by atoms with van der Waals surface area (Å²) in [4.78, 5) is 11.5. The Kier molecular flexibility index (Phi) is 2.41. The molecule has 1 atom stereocenters. The summed E-state index contributed by atoms with van der Waals surface area (Å²) in [5.41, 5.74) is 0.808. The number of epoxide rings is 1. The molecule has 0 radical (unpaired) electrons. The Bertz CT molecular complexity index is 288. The molecule has 13 heavy (non-hydrogen) atoms. The van der Waals surface area contributed by atoms with Gasteiger partial charge in [-0.3, -0.25) is 4.79 Å². The summed E-state index contributed by atoms with van der Waals surface area (Å²) >= 11 is 0. The minimum atomic E-state index is 0.219. The van der Waals surface area contributed by atoms with Gasteiger partial charge in [0.15, 0.2) is 5.78 Å². The number of carbonyl (C=O) groups is 1. The largest absolute Gasteiger partial charge is 0.373 e. The lowest BCUT2D eigenvalue weighted by molar-refractivity contribution is 0.0976. The van der Waals surface area contributed by atoms with E-state index in [-0.39, 0.29) is 5.78 Å². The highest BCUT2D eigenvalue weighted by atomic mass is 16.6. The lowest BCUT2D eigenvalue weighted by Gasteiger charge is -1.97. The Hall–Kier alpha value is -1.15. The van der Waals surface area contributed by atoms with E-state index in [4.69, 9.17) is 4.74 Å². The van der Waals surface area contributed by atoms with Gasteiger partial charge in [-0.15, -0.1) is 0 Å². The molecule has 0 amide bonds. The van der Waals surface area contributed by atoms with E-state index in [1.165, 1.54) is 0 Å². The molecule has 1 unspecified atom stereocenters. The predicted octanol–water partition coefficient (Wildman–Crippen LogP) is 2.05. The Morgan fingerprint density at radius 1 is 1.38 bits per heavy atom. The lowest BCUT2D eigenvalue weighted by atomic mass is 10.1. The van der Waals surface area contributed by atoms with Gasteiger partial charge in [-0.1, -0.05) is 30.3 Å². The van der Waals surface area contributed by atoms with E-state index >= 15 is 0 Å². The van der Waals surface area contributed by atoms with Gasteiger partial charge in [0.2, 0.25) is 0 Å². The molecule has 0 aromatic heterocycles. The molecule has 0 bridgehead atoms. The molecule has 2 rings (SSSR count). The molecule has 68 valence electrons. The van der Waals surface area contributed by atoms with Gasteiger partial charge in [0.05, 0.1) is 12.7 Å². The van der Waals surface area contributed by atoms with E-state index in [0.29, 0.717) is 12.5 Å². The molecule has 0 spiro atoms. The summed E-state index contributed by atoms with van der Waals surface area (Å²) in [5, 5.41) is 0. The predicted molar refractivity (Wildman–Crippen MR) is 49.7 cm³/mol. The zero-order chi connectivity index (χ0) is 9.10. The molecular weight excluding hydrogens is 164 g/mol. The summed E-state index contributed by atoms with van der Waals surface area (Å²) in [6.45, 7) is 0.835. The van der Waals surface area contributed by atoms with Crippen molar-refractivity contribution < 1.29 is 9.53 Å². The summed E-state index contributed by atoms with van der Waals surface area (Å²) in [7, 11) is 0. The van der Waals surface area contributed by atoms with Crippen molar-refractivity contribution in [3.05, 3.63) is 35.9 Å². The second-order valence-electron chi connectivity index (χ2n) is 3.28. The maximum Gasteiger partial charge on any atom is 0.162 e. The zero-order valence-corrected chi connectivity index (χ0v) is 7.40. The van der Waals surface area contributed by atoms with Crippen LogP contribution in [-0.2, 0) is 4.74 Å². The molecule has 0 saturated carbocycles. The van der Waals surface area contributed by atoms with Gasteiger partial charge in [-0.25, -0.2) is 0 Å². The average Bonchev–Trinajstić information content (AvgIpc) is 2.99. The standard InChI is InChI=1S/C11H12O2/c12-11(7-6-10-8-13-10)9-4-2-1-3-5-9/h1-5,10H,6-8H2. The van der Waals surface area contributed by atoms with E-state index < -0.39 is 0 Å². The maximum atomic E-state index is 11.5. The first-order chi connectivity index (χ1) is 6.36. The minimum absolute atomic E-state index is 0.219. The fourth-order valence-electron chi connectivity index (χ4n) is 1.30. The highest BCUT2D eigenvalue weighted by Crippen LogP contribution is 2.17. The van der Waals surface area contributed by atoms with Gasteiger partial charge in [0, 0.05) is 12.0 Å². The molecular formula is C11H12O2. The van der Waals surface area contributed by atoms with Crippen LogP contribution < -0.4 is 0 Å². The van der Waals surface area contributed by atoms with Crippen molar-refractivity contribution in [2.45, 2.75) is 18.9 Å². The third kappa shape index (κ3) is 2.39. The van der Waals surface area contributed by atoms with Gasteiger partial charge in [-0.2, -0.15) is 0 Å². The molecule has 2 heteroatoms. The number of ketones is 1. The minimum Gasteiger partial charge on any atom is -0.373 e. The summed E-state index contributed by atoms with van der Waals surface area (Å²) in [5.74, 6) is 0.219. The van der Waals surface area contributed by atoms with E-state index in [1.807, 2.05) is 30.3 Å². The summed E-state index contributed by atoms with van der Waals surface area (Å²) < 4.78 is 5.04. The van der Waals surface area contributed by atoms with Gasteiger partial charge >= 0.3 is 0 Å². The van der Waals surface area contributed by atoms with Gasteiger partial charge in [0.25, 0.3) is 0 Å². The topological polar surface area (TPSA) is 29.6 Å². The lowest BCUT2D eigenvalue weighted by Crippen LogP contribution is -2.00. The van der Waals surface area contributed by atoms with Gasteiger partial charge in [-0.05, 0) is 6.42 Å². The highest BCUT2D eigenvalue weighted by molar-refractivity contribution is 5.95. The van der Waals surface area contributed by atoms with Gasteiger partial charge < -0.3 is 4.74 Å². The molecule has 2 nitrogen and oxygen atoms in total. The van der Waals surface area contributed by atoms with Crippen LogP contribution in [0.2, 0.25) is 0 Å². The van der Waals surface area contributed by atoms with Crippen molar-refractivity contribution in [3.8, 4) is 0 Å². The molecule has 1 aromatic carbocycles. The van der Waals surface area contributed by atoms with Crippen molar-refractivity contribution in [1.29, 1.82) is 0 Å². The number of Topliss-reactive ketones (excluding diaryl/α,β-unsaturated/α-hetero) is 1. The number of ether oxygens (including phenoxy) is 1. The van der Waals surface area contributed by atoms with Crippen molar-refractivity contribution >= 4 is 5.78 Å². The Morgan fingerprint density at radius 3 is 2.69 bits per heavy atom. The Balaban J connectivity index is 1.89. The molecule has 0 aliphatic carbocycles. The van der Waals surface area contributed by atoms with Crippen molar-refractivity contribution in [1.82, 2.24) is 0 Å². The van der Waals surface area contributed by atoms with E-state index in [0.717, 1.165) is 18.6 Å². The first-order valence-corrected chi connectivity index (χ1v) is 4.56. The molecule has 1 aromatic rings. The molecule has 1 fully saturated rings. The SMILES string of the molecule is O=C(CCC1CO1)c1ccccc1. The third-order valence-electron chi connectivity index (χ3n) is 2.19. The van der Waals surface area contributed by atoms with Crippen LogP contribution in [0.15, 0.2) is 30.3 Å². The van der Waals surface area contributed by atoms with Crippen LogP contribution in [-0.4, -0.2) is 18.5 Å². The van der Waals surface area contributed by atoms with E-state index in [1.54, 1.807) is 0 Å². The van der Waals surface area contributed by atoms with E-state index in [2.05, 4.69) is 0 Å². The molecule has 1 aliphatic heterocycles. The van der Waals surface area contributed by atoms with Crippen LogP contribution in [0.4, 0.5) is 0 Å². The number of benzene rings is 1. The van der Waals surface area contributed by atoms with Crippen LogP contribution in [0.1, 0.15) is 23.2 Å². The fourth-order valence-corrected chi connectivity index (χ4v) is 1.30. The smallest absolute Gasteiger partial charge is 0.162 e. The summed E-state index contributed by atoms with van der Waals surface area (Å²) in [6.07, 6.45) is 1.83. The average molecular weight is 176 g/mol. The van der Waals surface area contributed by atoms with Crippen molar-refractivity contribution in [2.24, 2.45) is 0 Å². The first kappa shape index (κ1) is 8.45. The second-order valence-corrected chi connectivity index (χ2v) is 3.28. The van der Waals surface area contributed by atoms with Gasteiger partial charge in [0.1, 0.15) is 0 Å². The molecule has 0 N–H and O–H groups in total. The number of rotatable bonds is 4. The van der Waals surface area contributed by atoms with Crippen LogP contribution in [0.3, 0.4) is 0 Å². The van der Waals surface area contributed by atoms with Crippen LogP contribution >= 0.6 is 0 Å². The number of hydrogen-bond acceptors (Lipinski definition) is 2. The number of hydrogen-bond donors (Lipinski definition) is 0. The van der Waals surface area contributed by atoms with Crippen LogP contribution in [0, 0.1) is 0 Å². The number of carbonyl (C=O) groups excluding carboxylic acids is 1. The quantitative estimate of drug-likeness (QED) is 0.519. The second kappa shape index (κ2) is 3.71. The van der Waals surface area contributed by atoms with Crippen LogP contribution in [0.5, 0.6) is 0 Å². The van der Waals surface area contributed by atoms with E-state index in [9.17, 15) is 4.79 Å². The monoisotopic (exact) mass is 176 g/mol. The third-order valence-corrected chi connectivity index (χ3v) is 2.19. The normalized spacial score (nSPS) is 19.8. The first-order valence-electron chi connectivity index (χ1n) is 4.56. The Morgan fingerprint density at radius 2 is 2.08 bits per heavy atom. The molecule has 1 saturated heterocycles. The fraction of sp³-hybridized carbons (Fsp3) is 0.364. The van der Waals surface area contributed by atoms with Crippen LogP contribution in [0.25, 0.3) is 0 Å². The Labute approximate surface area is 77.5 Å². The summed E-state index contributed by atoms with van der Waals surface area (Å²) in [6, 6.07) is 9.41. The van der Waals surface area contributed by atoms with Crippen molar-refractivity contribution in [3.63, 3.8) is 0 Å². The zero-order valence-electron chi connectivity index (χ0n) is 7.40. The van der Waals surface area contributed by atoms with Crippen molar-refractivity contribution in [2.75, 3.05) is 6.61 Å². The highest BCUT2D eigenvalue weighted by Gasteiger charge is 2.23. The molecule has 1 heterocycles. The molecule has 1 aliphatic rings.